The van der Waals surface area contributed by atoms with Gasteiger partial charge in [-0.25, -0.2) is 0 Å². The molecular weight excluding hydrogens is 407 g/mol. The molecule has 0 saturated heterocycles. The number of rotatable bonds is 5. The summed E-state index contributed by atoms with van der Waals surface area (Å²) in [4.78, 5) is 0. The van der Waals surface area contributed by atoms with Gasteiger partial charge >= 0.3 is 0 Å². The molecule has 1 aliphatic heterocycles. The highest BCUT2D eigenvalue weighted by Gasteiger charge is 2.47. The molecule has 156 valence electrons. The van der Waals surface area contributed by atoms with E-state index in [2.05, 4.69) is 106 Å². The van der Waals surface area contributed by atoms with Gasteiger partial charge in [-0.2, -0.15) is 0 Å². The topological polar surface area (TPSA) is 9.23 Å². The maximum Gasteiger partial charge on any atom is 0.115 e. The fourth-order valence-corrected chi connectivity index (χ4v) is 8.40. The molecule has 0 amide bonds. The van der Waals surface area contributed by atoms with Crippen molar-refractivity contribution in [3.63, 3.8) is 0 Å². The maximum atomic E-state index is 6.21. The molecule has 1 nitrogen and oxygen atoms in total. The summed E-state index contributed by atoms with van der Waals surface area (Å²) in [6.07, 6.45) is 6.72. The van der Waals surface area contributed by atoms with E-state index in [1.807, 2.05) is 0 Å². The number of hydrogen-bond acceptors (Lipinski definition) is 1. The first-order chi connectivity index (χ1) is 14.1. The van der Waals surface area contributed by atoms with Gasteiger partial charge in [0.25, 0.3) is 0 Å². The Hall–Kier alpha value is -1.92. The van der Waals surface area contributed by atoms with Crippen LogP contribution in [0.3, 0.4) is 0 Å². The minimum Gasteiger partial charge on any atom is -1.00 e. The molecule has 0 saturated carbocycles. The molecule has 1 atom stereocenters. The van der Waals surface area contributed by atoms with E-state index in [9.17, 15) is 0 Å². The minimum absolute atomic E-state index is 0. The summed E-state index contributed by atoms with van der Waals surface area (Å²) in [6, 6.07) is 27.6. The van der Waals surface area contributed by atoms with Gasteiger partial charge in [-0.05, 0) is 63.6 Å². The highest BCUT2D eigenvalue weighted by molar-refractivity contribution is 7.95. The van der Waals surface area contributed by atoms with Crippen LogP contribution < -0.4 is 28.3 Å². The Morgan fingerprint density at radius 2 is 1.10 bits per heavy atom. The molecule has 3 heteroatoms. The Balaban J connectivity index is 0.00000256. The van der Waals surface area contributed by atoms with Crippen molar-refractivity contribution < 1.29 is 17.1 Å². The molecule has 0 bridgehead atoms. The minimum atomic E-state index is -1.86. The third-order valence-corrected chi connectivity index (χ3v) is 10.3. The predicted molar refractivity (Wildman–Crippen MR) is 128 cm³/mol. The molecule has 3 aromatic rings. The molecule has 1 unspecified atom stereocenters. The van der Waals surface area contributed by atoms with Crippen LogP contribution in [-0.4, -0.2) is 18.9 Å². The highest BCUT2D eigenvalue weighted by Crippen LogP contribution is 2.56. The lowest BCUT2D eigenvalue weighted by Gasteiger charge is -2.31. The smallest absolute Gasteiger partial charge is 0.115 e. The Kier molecular flexibility index (Phi) is 7.53. The number of benzene rings is 3. The van der Waals surface area contributed by atoms with Crippen molar-refractivity contribution in [3.8, 4) is 0 Å². The first-order valence-electron chi connectivity index (χ1n) is 10.5. The number of hydrogen-bond donors (Lipinski definition) is 0. The van der Waals surface area contributed by atoms with Crippen LogP contribution in [0.25, 0.3) is 0 Å². The van der Waals surface area contributed by atoms with Gasteiger partial charge in [-0.3, -0.25) is 0 Å². The lowest BCUT2D eigenvalue weighted by atomic mass is 10.2. The fraction of sp³-hybridized carbons (Fsp3) is 0.259. The molecule has 1 aliphatic rings. The second-order valence-corrected chi connectivity index (χ2v) is 11.7. The third kappa shape index (κ3) is 4.70. The summed E-state index contributed by atoms with van der Waals surface area (Å²) >= 11 is 0. The lowest BCUT2D eigenvalue weighted by molar-refractivity contribution is -0.00000755. The zero-order valence-electron chi connectivity index (χ0n) is 18.0. The van der Waals surface area contributed by atoms with Crippen LogP contribution in [0.5, 0.6) is 0 Å². The van der Waals surface area contributed by atoms with E-state index >= 15 is 0 Å². The van der Waals surface area contributed by atoms with E-state index in [1.54, 1.807) is 0 Å². The van der Waals surface area contributed by atoms with Crippen LogP contribution in [0.15, 0.2) is 84.9 Å². The van der Waals surface area contributed by atoms with Crippen LogP contribution in [0, 0.1) is 20.8 Å². The molecular formula is C27H30ClOP. The van der Waals surface area contributed by atoms with Crippen LogP contribution in [0.2, 0.25) is 0 Å². The molecule has 30 heavy (non-hydrogen) atoms. The molecule has 0 spiro atoms. The molecule has 4 rings (SSSR count). The zero-order valence-corrected chi connectivity index (χ0v) is 19.7. The Bertz CT molecular complexity index is 864. The summed E-state index contributed by atoms with van der Waals surface area (Å²) in [5, 5.41) is 4.29. The zero-order chi connectivity index (χ0) is 20.3. The van der Waals surface area contributed by atoms with Crippen LogP contribution in [0.1, 0.15) is 23.1 Å². The lowest BCUT2D eigenvalue weighted by Crippen LogP contribution is -3.00. The largest absolute Gasteiger partial charge is 1.00 e. The molecule has 0 fully saturated rings. The normalized spacial score (nSPS) is 16.2. The molecule has 0 aromatic heterocycles. The van der Waals surface area contributed by atoms with Crippen molar-refractivity contribution in [1.29, 1.82) is 0 Å². The van der Waals surface area contributed by atoms with Gasteiger partial charge in [-0.1, -0.05) is 65.2 Å². The Morgan fingerprint density at radius 1 is 0.700 bits per heavy atom. The number of ether oxygens (including phenoxy) is 1. The van der Waals surface area contributed by atoms with E-state index in [-0.39, 0.29) is 18.5 Å². The quantitative estimate of drug-likeness (QED) is 0.440. The van der Waals surface area contributed by atoms with Gasteiger partial charge in [0.2, 0.25) is 0 Å². The molecule has 3 aromatic carbocycles. The molecule has 0 N–H and O–H groups in total. The van der Waals surface area contributed by atoms with E-state index in [1.165, 1.54) is 32.6 Å². The standard InChI is InChI=1S/C27H30OP.ClH/c1-21-7-13-25(14-8-21)29(20-24-6-4-5-19-28-24,26-15-9-22(2)10-16-26)27-17-11-23(3)12-18-27;/h4,6-18,24H,5,19-20H2,1-3H3;1H/q+1;/p-1. The Labute approximate surface area is 187 Å². The van der Waals surface area contributed by atoms with Gasteiger partial charge in [0.1, 0.15) is 35.4 Å². The van der Waals surface area contributed by atoms with Gasteiger partial charge in [-0.15, -0.1) is 0 Å². The van der Waals surface area contributed by atoms with E-state index in [0.717, 1.165) is 19.2 Å². The second-order valence-electron chi connectivity index (χ2n) is 8.13. The second kappa shape index (κ2) is 9.92. The SMILES string of the molecule is Cc1ccc([P+](CC2C=CCCO2)(c2ccc(C)cc2)c2ccc(C)cc2)cc1.[Cl-]. The summed E-state index contributed by atoms with van der Waals surface area (Å²) in [5.74, 6) is 0. The summed E-state index contributed by atoms with van der Waals surface area (Å²) in [7, 11) is -1.86. The predicted octanol–water partition coefficient (Wildman–Crippen LogP) is 2.25. The first-order valence-corrected chi connectivity index (χ1v) is 12.4. The fourth-order valence-electron chi connectivity index (χ4n) is 4.14. The third-order valence-electron chi connectivity index (χ3n) is 5.85. The summed E-state index contributed by atoms with van der Waals surface area (Å²) in [6.45, 7) is 7.30. The van der Waals surface area contributed by atoms with Crippen molar-refractivity contribution in [1.82, 2.24) is 0 Å². The van der Waals surface area contributed by atoms with E-state index in [0.29, 0.717) is 0 Å². The van der Waals surface area contributed by atoms with Gasteiger partial charge < -0.3 is 17.1 Å². The highest BCUT2D eigenvalue weighted by atomic mass is 35.5. The molecule has 0 radical (unpaired) electrons. The van der Waals surface area contributed by atoms with Crippen LogP contribution in [0.4, 0.5) is 0 Å². The van der Waals surface area contributed by atoms with E-state index in [4.69, 9.17) is 4.74 Å². The first kappa shape index (κ1) is 22.8. The van der Waals surface area contributed by atoms with Crippen LogP contribution >= 0.6 is 7.26 Å². The molecule has 0 aliphatic carbocycles. The van der Waals surface area contributed by atoms with Crippen molar-refractivity contribution in [3.05, 3.63) is 102 Å². The maximum absolute atomic E-state index is 6.21. The molecule has 1 heterocycles. The number of aryl methyl sites for hydroxylation is 3. The van der Waals surface area contributed by atoms with Crippen molar-refractivity contribution in [2.75, 3.05) is 12.8 Å². The van der Waals surface area contributed by atoms with Crippen molar-refractivity contribution in [2.24, 2.45) is 0 Å². The van der Waals surface area contributed by atoms with Gasteiger partial charge in [0.15, 0.2) is 0 Å². The average Bonchev–Trinajstić information content (AvgIpc) is 2.75. The summed E-state index contributed by atoms with van der Waals surface area (Å²) < 4.78 is 6.21. The van der Waals surface area contributed by atoms with E-state index < -0.39 is 7.26 Å². The van der Waals surface area contributed by atoms with Crippen LogP contribution in [-0.2, 0) is 4.74 Å². The monoisotopic (exact) mass is 436 g/mol. The Morgan fingerprint density at radius 3 is 1.43 bits per heavy atom. The summed E-state index contributed by atoms with van der Waals surface area (Å²) in [5.41, 5.74) is 3.90. The van der Waals surface area contributed by atoms with Gasteiger partial charge in [0.05, 0.1) is 6.61 Å². The average molecular weight is 437 g/mol. The van der Waals surface area contributed by atoms with Gasteiger partial charge in [0, 0.05) is 0 Å². The van der Waals surface area contributed by atoms with Crippen molar-refractivity contribution >= 4 is 23.2 Å². The van der Waals surface area contributed by atoms with Crippen molar-refractivity contribution in [2.45, 2.75) is 33.3 Å². The number of halogens is 1.